The molecular weight excluding hydrogens is 264 g/mol. The van der Waals surface area contributed by atoms with E-state index in [-0.39, 0.29) is 0 Å². The lowest BCUT2D eigenvalue weighted by atomic mass is 9.86. The normalized spacial score (nSPS) is 22.4. The van der Waals surface area contributed by atoms with Gasteiger partial charge in [-0.1, -0.05) is 6.92 Å². The number of carboxylic acids is 1. The zero-order chi connectivity index (χ0) is 15.4. The highest BCUT2D eigenvalue weighted by atomic mass is 16.4. The third-order valence-electron chi connectivity index (χ3n) is 4.36. The second-order valence-corrected chi connectivity index (χ2v) is 6.11. The monoisotopic (exact) mass is 288 g/mol. The van der Waals surface area contributed by atoms with Crippen LogP contribution >= 0.6 is 0 Å². The first-order chi connectivity index (χ1) is 9.97. The van der Waals surface area contributed by atoms with Gasteiger partial charge in [0.15, 0.2) is 0 Å². The lowest BCUT2D eigenvalue weighted by molar-refractivity contribution is -0.131. The fourth-order valence-corrected chi connectivity index (χ4v) is 3.02. The SMILES string of the molecule is Cc1cc(/C=C/C(=O)O)cnc1N(C)C1CCC(C)CC1. The highest BCUT2D eigenvalue weighted by Crippen LogP contribution is 2.30. The second-order valence-electron chi connectivity index (χ2n) is 6.11. The van der Waals surface area contributed by atoms with Crippen LogP contribution in [0.4, 0.5) is 5.82 Å². The number of carboxylic acid groups (broad SMARTS) is 1. The van der Waals surface area contributed by atoms with E-state index >= 15 is 0 Å². The topological polar surface area (TPSA) is 53.4 Å². The maximum atomic E-state index is 10.6. The van der Waals surface area contributed by atoms with Crippen LogP contribution in [0, 0.1) is 12.8 Å². The quantitative estimate of drug-likeness (QED) is 0.862. The molecule has 1 aliphatic rings. The first-order valence-electron chi connectivity index (χ1n) is 7.58. The number of aliphatic carboxylic acids is 1. The maximum Gasteiger partial charge on any atom is 0.328 e. The standard InChI is InChI=1S/C17H24N2O2/c1-12-4-7-15(8-5-12)19(3)17-13(2)10-14(11-18-17)6-9-16(20)21/h6,9-12,15H,4-5,7-8H2,1-3H3,(H,20,21)/b9-6+. The van der Waals surface area contributed by atoms with E-state index in [1.807, 2.05) is 13.0 Å². The molecule has 1 aromatic rings. The minimum Gasteiger partial charge on any atom is -0.478 e. The van der Waals surface area contributed by atoms with Crippen LogP contribution in [-0.2, 0) is 4.79 Å². The fourth-order valence-electron chi connectivity index (χ4n) is 3.02. The molecule has 1 fully saturated rings. The van der Waals surface area contributed by atoms with E-state index in [1.54, 1.807) is 12.3 Å². The van der Waals surface area contributed by atoms with E-state index in [9.17, 15) is 4.79 Å². The Morgan fingerprint density at radius 1 is 1.38 bits per heavy atom. The summed E-state index contributed by atoms with van der Waals surface area (Å²) in [6.45, 7) is 4.35. The molecule has 0 saturated heterocycles. The Morgan fingerprint density at radius 2 is 2.05 bits per heavy atom. The average Bonchev–Trinajstić information content (AvgIpc) is 2.45. The summed E-state index contributed by atoms with van der Waals surface area (Å²) in [5.41, 5.74) is 1.91. The van der Waals surface area contributed by atoms with E-state index in [2.05, 4.69) is 23.9 Å². The van der Waals surface area contributed by atoms with Gasteiger partial charge < -0.3 is 10.0 Å². The molecule has 0 spiro atoms. The molecule has 0 unspecified atom stereocenters. The van der Waals surface area contributed by atoms with Crippen LogP contribution in [-0.4, -0.2) is 29.1 Å². The molecule has 1 aliphatic carbocycles. The molecule has 4 heteroatoms. The molecule has 4 nitrogen and oxygen atoms in total. The van der Waals surface area contributed by atoms with Gasteiger partial charge in [-0.15, -0.1) is 0 Å². The van der Waals surface area contributed by atoms with E-state index in [0.717, 1.165) is 28.9 Å². The molecule has 0 amide bonds. The molecular formula is C17H24N2O2. The smallest absolute Gasteiger partial charge is 0.328 e. The lowest BCUT2D eigenvalue weighted by Gasteiger charge is -2.35. The number of aromatic nitrogens is 1. The number of carbonyl (C=O) groups is 1. The predicted molar refractivity (Wildman–Crippen MR) is 85.5 cm³/mol. The molecule has 114 valence electrons. The van der Waals surface area contributed by atoms with Crippen molar-refractivity contribution in [1.82, 2.24) is 4.98 Å². The van der Waals surface area contributed by atoms with Gasteiger partial charge in [0.2, 0.25) is 0 Å². The van der Waals surface area contributed by atoms with Crippen molar-refractivity contribution < 1.29 is 9.90 Å². The maximum absolute atomic E-state index is 10.6. The molecule has 0 aromatic carbocycles. The highest BCUT2D eigenvalue weighted by Gasteiger charge is 2.23. The third-order valence-corrected chi connectivity index (χ3v) is 4.36. The van der Waals surface area contributed by atoms with Gasteiger partial charge in [-0.2, -0.15) is 0 Å². The number of rotatable bonds is 4. The lowest BCUT2D eigenvalue weighted by Crippen LogP contribution is -2.35. The van der Waals surface area contributed by atoms with Crippen LogP contribution in [0.3, 0.4) is 0 Å². The molecule has 1 heterocycles. The summed E-state index contributed by atoms with van der Waals surface area (Å²) in [6.07, 6.45) is 9.47. The molecule has 0 radical (unpaired) electrons. The Bertz CT molecular complexity index is 532. The number of anilines is 1. The zero-order valence-electron chi connectivity index (χ0n) is 13.0. The van der Waals surface area contributed by atoms with Crippen molar-refractivity contribution in [3.63, 3.8) is 0 Å². The summed E-state index contributed by atoms with van der Waals surface area (Å²) in [4.78, 5) is 17.4. The van der Waals surface area contributed by atoms with Crippen LogP contribution in [0.15, 0.2) is 18.3 Å². The largest absolute Gasteiger partial charge is 0.478 e. The fraction of sp³-hybridized carbons (Fsp3) is 0.529. The molecule has 1 N–H and O–H groups in total. The van der Waals surface area contributed by atoms with Crippen molar-refractivity contribution in [2.24, 2.45) is 5.92 Å². The number of hydrogen-bond donors (Lipinski definition) is 1. The summed E-state index contributed by atoms with van der Waals surface area (Å²) in [5, 5.41) is 8.66. The van der Waals surface area contributed by atoms with Crippen molar-refractivity contribution in [1.29, 1.82) is 0 Å². The molecule has 1 aromatic heterocycles. The van der Waals surface area contributed by atoms with Crippen LogP contribution in [0.25, 0.3) is 6.08 Å². The van der Waals surface area contributed by atoms with Crippen LogP contribution in [0.1, 0.15) is 43.7 Å². The Hall–Kier alpha value is -1.84. The van der Waals surface area contributed by atoms with Gasteiger partial charge >= 0.3 is 5.97 Å². The van der Waals surface area contributed by atoms with Crippen molar-refractivity contribution in [2.45, 2.75) is 45.6 Å². The first-order valence-corrected chi connectivity index (χ1v) is 7.58. The Kier molecular flexibility index (Phi) is 4.99. The van der Waals surface area contributed by atoms with Crippen LogP contribution in [0.2, 0.25) is 0 Å². The van der Waals surface area contributed by atoms with Gasteiger partial charge in [-0.25, -0.2) is 9.78 Å². The number of aryl methyl sites for hydroxylation is 1. The molecule has 0 atom stereocenters. The Labute approximate surface area is 126 Å². The zero-order valence-corrected chi connectivity index (χ0v) is 13.0. The van der Waals surface area contributed by atoms with Gasteiger partial charge in [0.1, 0.15) is 5.82 Å². The van der Waals surface area contributed by atoms with Crippen molar-refractivity contribution in [2.75, 3.05) is 11.9 Å². The van der Waals surface area contributed by atoms with Crippen molar-refractivity contribution in [3.8, 4) is 0 Å². The van der Waals surface area contributed by atoms with Crippen molar-refractivity contribution in [3.05, 3.63) is 29.5 Å². The first kappa shape index (κ1) is 15.5. The summed E-state index contributed by atoms with van der Waals surface area (Å²) in [7, 11) is 2.11. The molecule has 1 saturated carbocycles. The summed E-state index contributed by atoms with van der Waals surface area (Å²) < 4.78 is 0. The van der Waals surface area contributed by atoms with Crippen LogP contribution < -0.4 is 4.90 Å². The van der Waals surface area contributed by atoms with E-state index in [1.165, 1.54) is 25.7 Å². The second kappa shape index (κ2) is 6.74. The van der Waals surface area contributed by atoms with Gasteiger partial charge in [0, 0.05) is 25.4 Å². The number of hydrogen-bond acceptors (Lipinski definition) is 3. The van der Waals surface area contributed by atoms with Crippen molar-refractivity contribution >= 4 is 17.9 Å². The molecule has 2 rings (SSSR count). The summed E-state index contributed by atoms with van der Waals surface area (Å²) in [5.74, 6) is 0.902. The third kappa shape index (κ3) is 4.06. The number of nitrogens with zero attached hydrogens (tertiary/aromatic N) is 2. The number of pyridine rings is 1. The molecule has 21 heavy (non-hydrogen) atoms. The average molecular weight is 288 g/mol. The summed E-state index contributed by atoms with van der Waals surface area (Å²) in [6, 6.07) is 2.55. The molecule has 0 bridgehead atoms. The van der Waals surface area contributed by atoms with Gasteiger partial charge in [-0.05, 0) is 61.8 Å². The Balaban J connectivity index is 2.11. The van der Waals surface area contributed by atoms with Crippen LogP contribution in [0.5, 0.6) is 0 Å². The highest BCUT2D eigenvalue weighted by molar-refractivity contribution is 5.85. The van der Waals surface area contributed by atoms with Gasteiger partial charge in [0.05, 0.1) is 0 Å². The Morgan fingerprint density at radius 3 is 2.62 bits per heavy atom. The van der Waals surface area contributed by atoms with Gasteiger partial charge in [0.25, 0.3) is 0 Å². The minimum atomic E-state index is -0.940. The van der Waals surface area contributed by atoms with Gasteiger partial charge in [-0.3, -0.25) is 0 Å². The van der Waals surface area contributed by atoms with E-state index < -0.39 is 5.97 Å². The van der Waals surface area contributed by atoms with E-state index in [4.69, 9.17) is 5.11 Å². The molecule has 0 aliphatic heterocycles. The minimum absolute atomic E-state index is 0.563. The van der Waals surface area contributed by atoms with E-state index in [0.29, 0.717) is 6.04 Å². The summed E-state index contributed by atoms with van der Waals surface area (Å²) >= 11 is 0. The predicted octanol–water partition coefficient (Wildman–Crippen LogP) is 3.50.